The predicted molar refractivity (Wildman–Crippen MR) is 68.2 cm³/mol. The monoisotopic (exact) mass is 267 g/mol. The zero-order valence-corrected chi connectivity index (χ0v) is 10.7. The fourth-order valence-corrected chi connectivity index (χ4v) is 2.45. The van der Waals surface area contributed by atoms with E-state index in [0.717, 1.165) is 5.56 Å². The smallest absolute Gasteiger partial charge is 0.180 e. The van der Waals surface area contributed by atoms with Gasteiger partial charge in [0.25, 0.3) is 0 Å². The zero-order valence-electron chi connectivity index (χ0n) is 9.14. The van der Waals surface area contributed by atoms with Crippen LogP contribution in [-0.4, -0.2) is 17.9 Å². The van der Waals surface area contributed by atoms with E-state index in [2.05, 4.69) is 4.98 Å². The van der Waals surface area contributed by atoms with Gasteiger partial charge in [-0.15, -0.1) is 11.3 Å². The summed E-state index contributed by atoms with van der Waals surface area (Å²) < 4.78 is 5.12. The van der Waals surface area contributed by atoms with Crippen molar-refractivity contribution in [1.82, 2.24) is 4.98 Å². The van der Waals surface area contributed by atoms with Crippen LogP contribution < -0.4 is 4.74 Å². The van der Waals surface area contributed by atoms with Gasteiger partial charge in [0.15, 0.2) is 5.78 Å². The maximum absolute atomic E-state index is 12.1. The van der Waals surface area contributed by atoms with Crippen molar-refractivity contribution in [1.29, 1.82) is 0 Å². The van der Waals surface area contributed by atoms with Crippen molar-refractivity contribution in [2.24, 2.45) is 0 Å². The van der Waals surface area contributed by atoms with Crippen molar-refractivity contribution < 1.29 is 9.53 Å². The molecule has 0 N–H and O–H groups in total. The summed E-state index contributed by atoms with van der Waals surface area (Å²) in [6, 6.07) is 3.53. The highest BCUT2D eigenvalue weighted by atomic mass is 35.5. The second-order valence-electron chi connectivity index (χ2n) is 3.39. The molecule has 0 aromatic carbocycles. The molecule has 0 radical (unpaired) electrons. The number of halogens is 1. The number of Topliss-reactive ketones (excluding diaryl/α,β-unsaturated/α-hetero) is 1. The summed E-state index contributed by atoms with van der Waals surface area (Å²) >= 11 is 7.33. The van der Waals surface area contributed by atoms with Gasteiger partial charge in [0.05, 0.1) is 12.1 Å². The third-order valence-electron chi connectivity index (χ3n) is 2.31. The third kappa shape index (κ3) is 2.65. The van der Waals surface area contributed by atoms with Gasteiger partial charge in [-0.3, -0.25) is 9.78 Å². The first-order chi connectivity index (χ1) is 8.22. The van der Waals surface area contributed by atoms with Gasteiger partial charge in [-0.25, -0.2) is 0 Å². The summed E-state index contributed by atoms with van der Waals surface area (Å²) in [6.07, 6.45) is 3.42. The first-order valence-electron chi connectivity index (χ1n) is 4.95. The minimum absolute atomic E-state index is 0.00458. The van der Waals surface area contributed by atoms with Gasteiger partial charge in [0.2, 0.25) is 0 Å². The van der Waals surface area contributed by atoms with E-state index in [1.54, 1.807) is 25.4 Å². The van der Waals surface area contributed by atoms with Gasteiger partial charge in [0.1, 0.15) is 10.6 Å². The lowest BCUT2D eigenvalue weighted by Crippen LogP contribution is -2.03. The van der Waals surface area contributed by atoms with Gasteiger partial charge >= 0.3 is 0 Å². The average Bonchev–Trinajstić information content (AvgIpc) is 2.80. The Kier molecular flexibility index (Phi) is 3.76. The van der Waals surface area contributed by atoms with Crippen LogP contribution in [-0.2, 0) is 6.42 Å². The molecular formula is C12H10ClNO2S. The largest absolute Gasteiger partial charge is 0.495 e. The lowest BCUT2D eigenvalue weighted by atomic mass is 10.1. The molecule has 88 valence electrons. The molecular weight excluding hydrogens is 258 g/mol. The van der Waals surface area contributed by atoms with Crippen LogP contribution in [0.4, 0.5) is 0 Å². The molecule has 0 atom stereocenters. The van der Waals surface area contributed by atoms with E-state index in [4.69, 9.17) is 16.3 Å². The summed E-state index contributed by atoms with van der Waals surface area (Å²) in [5.74, 6) is 0.620. The molecule has 2 heterocycles. The molecule has 0 aliphatic heterocycles. The topological polar surface area (TPSA) is 39.2 Å². The van der Waals surface area contributed by atoms with E-state index in [1.807, 2.05) is 5.38 Å². The van der Waals surface area contributed by atoms with Crippen LogP contribution in [0.5, 0.6) is 5.75 Å². The van der Waals surface area contributed by atoms with Gasteiger partial charge < -0.3 is 4.74 Å². The lowest BCUT2D eigenvalue weighted by molar-refractivity contribution is 0.0994. The van der Waals surface area contributed by atoms with E-state index in [1.165, 1.54) is 17.5 Å². The van der Waals surface area contributed by atoms with E-state index >= 15 is 0 Å². The Hall–Kier alpha value is -1.39. The van der Waals surface area contributed by atoms with Crippen molar-refractivity contribution in [2.75, 3.05) is 7.11 Å². The predicted octanol–water partition coefficient (Wildman–Crippen LogP) is 3.23. The molecule has 2 aromatic heterocycles. The number of carbonyl (C=O) groups is 1. The number of hydrogen-bond donors (Lipinski definition) is 0. The molecule has 0 unspecified atom stereocenters. The van der Waals surface area contributed by atoms with Crippen LogP contribution in [0.1, 0.15) is 15.2 Å². The lowest BCUT2D eigenvalue weighted by Gasteiger charge is -2.03. The van der Waals surface area contributed by atoms with Crippen molar-refractivity contribution >= 4 is 28.7 Å². The minimum atomic E-state index is 0.00458. The number of pyridine rings is 1. The van der Waals surface area contributed by atoms with E-state index in [-0.39, 0.29) is 12.2 Å². The first kappa shape index (κ1) is 12.1. The molecule has 0 saturated heterocycles. The van der Waals surface area contributed by atoms with Crippen LogP contribution in [0.15, 0.2) is 29.9 Å². The SMILES string of the molecule is COc1ccsc1C(=O)Cc1ccncc1Cl. The highest BCUT2D eigenvalue weighted by molar-refractivity contribution is 7.12. The average molecular weight is 268 g/mol. The fourth-order valence-electron chi connectivity index (χ4n) is 1.46. The summed E-state index contributed by atoms with van der Waals surface area (Å²) in [6.45, 7) is 0. The number of methoxy groups -OCH3 is 1. The molecule has 5 heteroatoms. The summed E-state index contributed by atoms with van der Waals surface area (Å²) in [5, 5.41) is 2.34. The van der Waals surface area contributed by atoms with Gasteiger partial charge in [-0.05, 0) is 23.1 Å². The van der Waals surface area contributed by atoms with Crippen LogP contribution in [0, 0.1) is 0 Å². The van der Waals surface area contributed by atoms with Crippen molar-refractivity contribution in [3.8, 4) is 5.75 Å². The highest BCUT2D eigenvalue weighted by Gasteiger charge is 2.15. The zero-order chi connectivity index (χ0) is 12.3. The Bertz CT molecular complexity index is 539. The van der Waals surface area contributed by atoms with Crippen molar-refractivity contribution in [3.05, 3.63) is 45.4 Å². The molecule has 0 saturated carbocycles. The van der Waals surface area contributed by atoms with Crippen LogP contribution >= 0.6 is 22.9 Å². The third-order valence-corrected chi connectivity index (χ3v) is 3.59. The second-order valence-corrected chi connectivity index (χ2v) is 4.71. The molecule has 2 rings (SSSR count). The Balaban J connectivity index is 2.20. The molecule has 0 amide bonds. The molecule has 0 aliphatic carbocycles. The second kappa shape index (κ2) is 5.29. The highest BCUT2D eigenvalue weighted by Crippen LogP contribution is 2.26. The number of aromatic nitrogens is 1. The van der Waals surface area contributed by atoms with Gasteiger partial charge in [0, 0.05) is 18.8 Å². The number of rotatable bonds is 4. The maximum Gasteiger partial charge on any atom is 0.180 e. The molecule has 0 spiro atoms. The number of hydrogen-bond acceptors (Lipinski definition) is 4. The van der Waals surface area contributed by atoms with E-state index < -0.39 is 0 Å². The number of carbonyl (C=O) groups excluding carboxylic acids is 1. The van der Waals surface area contributed by atoms with Gasteiger partial charge in [-0.1, -0.05) is 11.6 Å². The number of thiophene rings is 1. The Morgan fingerprint density at radius 3 is 3.06 bits per heavy atom. The Labute approximate surface area is 108 Å². The molecule has 0 fully saturated rings. The molecule has 0 bridgehead atoms. The molecule has 17 heavy (non-hydrogen) atoms. The van der Waals surface area contributed by atoms with E-state index in [9.17, 15) is 4.79 Å². The normalized spacial score (nSPS) is 10.2. The van der Waals surface area contributed by atoms with Crippen LogP contribution in [0.2, 0.25) is 5.02 Å². The summed E-state index contributed by atoms with van der Waals surface area (Å²) in [5.41, 5.74) is 0.780. The quantitative estimate of drug-likeness (QED) is 0.799. The summed E-state index contributed by atoms with van der Waals surface area (Å²) in [4.78, 5) is 16.6. The Morgan fingerprint density at radius 1 is 1.53 bits per heavy atom. The number of nitrogens with zero attached hydrogens (tertiary/aromatic N) is 1. The molecule has 2 aromatic rings. The standard InChI is InChI=1S/C12H10ClNO2S/c1-16-11-3-5-17-12(11)10(15)6-8-2-4-14-7-9(8)13/h2-5,7H,6H2,1H3. The minimum Gasteiger partial charge on any atom is -0.495 e. The van der Waals surface area contributed by atoms with Crippen LogP contribution in [0.25, 0.3) is 0 Å². The van der Waals surface area contributed by atoms with E-state index in [0.29, 0.717) is 15.6 Å². The van der Waals surface area contributed by atoms with Gasteiger partial charge in [-0.2, -0.15) is 0 Å². The number of ketones is 1. The number of ether oxygens (including phenoxy) is 1. The molecule has 3 nitrogen and oxygen atoms in total. The van der Waals surface area contributed by atoms with Crippen LogP contribution in [0.3, 0.4) is 0 Å². The van der Waals surface area contributed by atoms with Crippen molar-refractivity contribution in [2.45, 2.75) is 6.42 Å². The maximum atomic E-state index is 12.1. The summed E-state index contributed by atoms with van der Waals surface area (Å²) in [7, 11) is 1.55. The molecule has 0 aliphatic rings. The first-order valence-corrected chi connectivity index (χ1v) is 6.21. The van der Waals surface area contributed by atoms with Crippen molar-refractivity contribution in [3.63, 3.8) is 0 Å². The Morgan fingerprint density at radius 2 is 2.35 bits per heavy atom. The fraction of sp³-hybridized carbons (Fsp3) is 0.167.